The van der Waals surface area contributed by atoms with Gasteiger partial charge in [-0.25, -0.2) is 0 Å². The van der Waals surface area contributed by atoms with Crippen LogP contribution in [0.1, 0.15) is 12.5 Å². The van der Waals surface area contributed by atoms with Crippen LogP contribution in [0.25, 0.3) is 0 Å². The summed E-state index contributed by atoms with van der Waals surface area (Å²) in [5, 5.41) is 6.95. The minimum Gasteiger partial charge on any atom is -0.497 e. The van der Waals surface area contributed by atoms with Gasteiger partial charge in [-0.15, -0.1) is 0 Å². The van der Waals surface area contributed by atoms with E-state index in [0.29, 0.717) is 11.7 Å². The van der Waals surface area contributed by atoms with E-state index in [4.69, 9.17) is 21.7 Å². The first kappa shape index (κ1) is 17.1. The zero-order valence-electron chi connectivity index (χ0n) is 13.6. The minimum absolute atomic E-state index is 0.0857. The maximum absolute atomic E-state index is 5.73. The number of aryl methyl sites for hydroxylation is 1. The summed E-state index contributed by atoms with van der Waals surface area (Å²) >= 11 is 5.31. The van der Waals surface area contributed by atoms with Crippen molar-refractivity contribution in [3.05, 3.63) is 54.1 Å². The summed E-state index contributed by atoms with van der Waals surface area (Å²) in [4.78, 5) is 0. The van der Waals surface area contributed by atoms with Gasteiger partial charge < -0.3 is 20.1 Å². The molecule has 2 rings (SSSR count). The topological polar surface area (TPSA) is 42.5 Å². The number of nitrogens with one attached hydrogen (secondary N) is 2. The first-order valence-corrected chi connectivity index (χ1v) is 7.88. The van der Waals surface area contributed by atoms with Crippen LogP contribution >= 0.6 is 12.2 Å². The number of hydrogen-bond acceptors (Lipinski definition) is 3. The van der Waals surface area contributed by atoms with Gasteiger partial charge in [-0.05, 0) is 62.5 Å². The fraction of sp³-hybridized carbons (Fsp3) is 0.278. The van der Waals surface area contributed by atoms with Crippen molar-refractivity contribution in [2.24, 2.45) is 0 Å². The number of rotatable bonds is 6. The van der Waals surface area contributed by atoms with Gasteiger partial charge in [-0.1, -0.05) is 17.7 Å². The average molecular weight is 330 g/mol. The molecule has 2 aromatic carbocycles. The Labute approximate surface area is 142 Å². The van der Waals surface area contributed by atoms with Gasteiger partial charge in [-0.3, -0.25) is 0 Å². The van der Waals surface area contributed by atoms with Gasteiger partial charge >= 0.3 is 0 Å². The van der Waals surface area contributed by atoms with Crippen molar-refractivity contribution in [2.75, 3.05) is 19.0 Å². The van der Waals surface area contributed by atoms with E-state index in [1.807, 2.05) is 55.5 Å². The molecule has 0 saturated carbocycles. The van der Waals surface area contributed by atoms with Crippen LogP contribution in [-0.4, -0.2) is 24.9 Å². The number of methoxy groups -OCH3 is 1. The Morgan fingerprint density at radius 3 is 2.26 bits per heavy atom. The smallest absolute Gasteiger partial charge is 0.171 e. The van der Waals surface area contributed by atoms with Crippen LogP contribution in [0.15, 0.2) is 48.5 Å². The molecule has 23 heavy (non-hydrogen) atoms. The fourth-order valence-electron chi connectivity index (χ4n) is 1.96. The minimum atomic E-state index is 0.0857. The van der Waals surface area contributed by atoms with Crippen LogP contribution < -0.4 is 20.1 Å². The van der Waals surface area contributed by atoms with Crippen molar-refractivity contribution < 1.29 is 9.47 Å². The van der Waals surface area contributed by atoms with Crippen LogP contribution in [0.5, 0.6) is 11.5 Å². The van der Waals surface area contributed by atoms with Crippen molar-refractivity contribution in [1.82, 2.24) is 5.32 Å². The molecule has 1 atom stereocenters. The van der Waals surface area contributed by atoms with E-state index in [-0.39, 0.29) is 6.04 Å². The van der Waals surface area contributed by atoms with E-state index in [1.165, 1.54) is 5.56 Å². The monoisotopic (exact) mass is 330 g/mol. The maximum Gasteiger partial charge on any atom is 0.171 e. The SMILES string of the molecule is COc1ccc(OC[C@@H](C)NC(=S)Nc2ccc(C)cc2)cc1. The van der Waals surface area contributed by atoms with Gasteiger partial charge in [0.15, 0.2) is 5.11 Å². The number of hydrogen-bond donors (Lipinski definition) is 2. The molecule has 0 aliphatic heterocycles. The summed E-state index contributed by atoms with van der Waals surface area (Å²) in [6.07, 6.45) is 0. The van der Waals surface area contributed by atoms with E-state index < -0.39 is 0 Å². The molecule has 0 bridgehead atoms. The second-order valence-electron chi connectivity index (χ2n) is 5.35. The predicted octanol–water partition coefficient (Wildman–Crippen LogP) is 3.76. The lowest BCUT2D eigenvalue weighted by molar-refractivity contribution is 0.286. The molecule has 122 valence electrons. The zero-order valence-corrected chi connectivity index (χ0v) is 14.4. The lowest BCUT2D eigenvalue weighted by Crippen LogP contribution is -2.39. The first-order chi connectivity index (χ1) is 11.1. The van der Waals surface area contributed by atoms with Gasteiger partial charge in [0.1, 0.15) is 18.1 Å². The van der Waals surface area contributed by atoms with E-state index in [2.05, 4.69) is 17.6 Å². The summed E-state index contributed by atoms with van der Waals surface area (Å²) in [5.41, 5.74) is 2.19. The molecule has 0 aliphatic rings. The van der Waals surface area contributed by atoms with Crippen molar-refractivity contribution in [3.8, 4) is 11.5 Å². The zero-order chi connectivity index (χ0) is 16.7. The highest BCUT2D eigenvalue weighted by molar-refractivity contribution is 7.80. The molecule has 0 saturated heterocycles. The van der Waals surface area contributed by atoms with Gasteiger partial charge in [0.05, 0.1) is 13.2 Å². The van der Waals surface area contributed by atoms with E-state index >= 15 is 0 Å². The summed E-state index contributed by atoms with van der Waals surface area (Å²) in [5.74, 6) is 1.61. The third-order valence-corrected chi connectivity index (χ3v) is 3.47. The molecule has 0 fully saturated rings. The third kappa shape index (κ3) is 5.79. The normalized spacial score (nSPS) is 11.4. The van der Waals surface area contributed by atoms with E-state index in [1.54, 1.807) is 7.11 Å². The molecule has 0 spiro atoms. The van der Waals surface area contributed by atoms with Crippen LogP contribution in [0.3, 0.4) is 0 Å². The molecule has 0 aromatic heterocycles. The molecule has 0 unspecified atom stereocenters. The van der Waals surface area contributed by atoms with Crippen molar-refractivity contribution >= 4 is 23.0 Å². The molecular formula is C18H22N2O2S. The molecule has 0 radical (unpaired) electrons. The Bertz CT molecular complexity index is 626. The largest absolute Gasteiger partial charge is 0.497 e. The van der Waals surface area contributed by atoms with Crippen LogP contribution in [0, 0.1) is 6.92 Å². The highest BCUT2D eigenvalue weighted by Crippen LogP contribution is 2.17. The summed E-state index contributed by atoms with van der Waals surface area (Å²) in [6.45, 7) is 4.59. The Morgan fingerprint density at radius 2 is 1.65 bits per heavy atom. The highest BCUT2D eigenvalue weighted by Gasteiger charge is 2.06. The van der Waals surface area contributed by atoms with Gasteiger partial charge in [0.25, 0.3) is 0 Å². The Kier molecular flexibility index (Phi) is 6.23. The van der Waals surface area contributed by atoms with Crippen molar-refractivity contribution in [1.29, 1.82) is 0 Å². The predicted molar refractivity (Wildman–Crippen MR) is 98.5 cm³/mol. The van der Waals surface area contributed by atoms with Crippen LogP contribution in [0.4, 0.5) is 5.69 Å². The molecule has 2 N–H and O–H groups in total. The summed E-state index contributed by atoms with van der Waals surface area (Å²) in [7, 11) is 1.64. The quantitative estimate of drug-likeness (QED) is 0.790. The maximum atomic E-state index is 5.73. The Morgan fingerprint density at radius 1 is 1.04 bits per heavy atom. The fourth-order valence-corrected chi connectivity index (χ4v) is 2.28. The standard InChI is InChI=1S/C18H22N2O2S/c1-13-4-6-15(7-5-13)20-18(23)19-14(2)12-22-17-10-8-16(21-3)9-11-17/h4-11,14H,12H2,1-3H3,(H2,19,20,23)/t14-/m1/s1. The molecule has 0 heterocycles. The van der Waals surface area contributed by atoms with Crippen LogP contribution in [-0.2, 0) is 0 Å². The Hall–Kier alpha value is -2.27. The second kappa shape index (κ2) is 8.39. The number of anilines is 1. The number of thiocarbonyl (C=S) groups is 1. The molecule has 2 aromatic rings. The van der Waals surface area contributed by atoms with Crippen LogP contribution in [0.2, 0.25) is 0 Å². The first-order valence-electron chi connectivity index (χ1n) is 7.48. The molecule has 0 aliphatic carbocycles. The Balaban J connectivity index is 1.75. The molecular weight excluding hydrogens is 308 g/mol. The lowest BCUT2D eigenvalue weighted by atomic mass is 10.2. The highest BCUT2D eigenvalue weighted by atomic mass is 32.1. The van der Waals surface area contributed by atoms with Gasteiger partial charge in [0.2, 0.25) is 0 Å². The van der Waals surface area contributed by atoms with E-state index in [9.17, 15) is 0 Å². The van der Waals surface area contributed by atoms with Gasteiger partial charge in [-0.2, -0.15) is 0 Å². The second-order valence-corrected chi connectivity index (χ2v) is 5.76. The van der Waals surface area contributed by atoms with Crippen molar-refractivity contribution in [2.45, 2.75) is 19.9 Å². The molecule has 4 nitrogen and oxygen atoms in total. The molecule has 5 heteroatoms. The van der Waals surface area contributed by atoms with E-state index in [0.717, 1.165) is 17.2 Å². The average Bonchev–Trinajstić information content (AvgIpc) is 2.55. The van der Waals surface area contributed by atoms with Gasteiger partial charge in [0, 0.05) is 5.69 Å². The van der Waals surface area contributed by atoms with Crippen molar-refractivity contribution in [3.63, 3.8) is 0 Å². The number of ether oxygens (including phenoxy) is 2. The molecule has 0 amide bonds. The lowest BCUT2D eigenvalue weighted by Gasteiger charge is -2.18. The number of benzene rings is 2. The summed E-state index contributed by atoms with van der Waals surface area (Å²) < 4.78 is 10.8. The third-order valence-electron chi connectivity index (χ3n) is 3.25. The summed E-state index contributed by atoms with van der Waals surface area (Å²) in [6, 6.07) is 15.7.